The Morgan fingerprint density at radius 2 is 1.83 bits per heavy atom. The molecule has 0 amide bonds. The van der Waals surface area contributed by atoms with Crippen molar-refractivity contribution in [2.75, 3.05) is 0 Å². The number of aryl methyl sites for hydroxylation is 1. The summed E-state index contributed by atoms with van der Waals surface area (Å²) >= 11 is 0. The predicted molar refractivity (Wildman–Crippen MR) is 94.4 cm³/mol. The van der Waals surface area contributed by atoms with Gasteiger partial charge in [0.2, 0.25) is 11.6 Å². The number of fused-ring (bicyclic) bond motifs is 2. The molecule has 1 heterocycles. The maximum absolute atomic E-state index is 12.8. The monoisotopic (exact) mass is 324 g/mol. The summed E-state index contributed by atoms with van der Waals surface area (Å²) in [6.45, 7) is 8.10. The fourth-order valence-electron chi connectivity index (χ4n) is 3.47. The van der Waals surface area contributed by atoms with Crippen molar-refractivity contribution in [2.24, 2.45) is 0 Å². The van der Waals surface area contributed by atoms with Gasteiger partial charge in [0.05, 0.1) is 5.57 Å². The van der Waals surface area contributed by atoms with Gasteiger partial charge in [-0.1, -0.05) is 43.5 Å². The Hall–Kier alpha value is -2.16. The van der Waals surface area contributed by atoms with Gasteiger partial charge in [-0.2, -0.15) is 0 Å². The van der Waals surface area contributed by atoms with E-state index in [-0.39, 0.29) is 5.78 Å². The van der Waals surface area contributed by atoms with E-state index in [1.54, 1.807) is 6.08 Å². The number of benzene rings is 1. The van der Waals surface area contributed by atoms with Crippen molar-refractivity contribution >= 4 is 17.1 Å². The maximum Gasteiger partial charge on any atom is 0.237 e. The highest BCUT2D eigenvalue weighted by Crippen LogP contribution is 2.43. The van der Waals surface area contributed by atoms with Gasteiger partial charge in [-0.15, -0.1) is 0 Å². The van der Waals surface area contributed by atoms with Gasteiger partial charge >= 0.3 is 0 Å². The second-order valence-corrected chi connectivity index (χ2v) is 7.19. The van der Waals surface area contributed by atoms with Crippen molar-refractivity contribution < 1.29 is 14.3 Å². The Kier molecular flexibility index (Phi) is 4.20. The molecule has 0 radical (unpaired) electrons. The Morgan fingerprint density at radius 3 is 2.54 bits per heavy atom. The van der Waals surface area contributed by atoms with Crippen molar-refractivity contribution in [3.63, 3.8) is 0 Å². The van der Waals surface area contributed by atoms with Crippen LogP contribution in [-0.4, -0.2) is 11.6 Å². The number of hydrogen-bond acceptors (Lipinski definition) is 3. The molecule has 1 aromatic rings. The number of hydrogen-bond donors (Lipinski definition) is 0. The molecule has 1 aliphatic carbocycles. The normalized spacial score (nSPS) is 18.8. The second kappa shape index (κ2) is 6.04. The van der Waals surface area contributed by atoms with Crippen molar-refractivity contribution in [1.82, 2.24) is 0 Å². The first-order valence-corrected chi connectivity index (χ1v) is 8.69. The molecule has 126 valence electrons. The zero-order chi connectivity index (χ0) is 17.5. The Bertz CT molecular complexity index is 778. The van der Waals surface area contributed by atoms with Crippen molar-refractivity contribution in [3.8, 4) is 0 Å². The number of carbonyl (C=O) groups excluding carboxylic acids is 2. The van der Waals surface area contributed by atoms with E-state index in [4.69, 9.17) is 4.74 Å². The second-order valence-electron chi connectivity index (χ2n) is 7.19. The van der Waals surface area contributed by atoms with Crippen molar-refractivity contribution in [2.45, 2.75) is 59.0 Å². The number of ether oxygens (including phenoxy) is 1. The summed E-state index contributed by atoms with van der Waals surface area (Å²) in [6, 6.07) is 5.99. The molecular formula is C21H24O3. The third kappa shape index (κ3) is 2.72. The standard InChI is InChI=1S/C21H24O3/c1-5-6-7-8-14-12-17-18(20(23)19(14)22)15-11-13(2)9-10-16(15)21(3,4)24-17/h9-12H,5-8H2,1-4H3. The van der Waals surface area contributed by atoms with Crippen LogP contribution in [0.2, 0.25) is 0 Å². The molecule has 0 saturated heterocycles. The fourth-order valence-corrected chi connectivity index (χ4v) is 3.47. The summed E-state index contributed by atoms with van der Waals surface area (Å²) in [5.41, 5.74) is 3.35. The minimum absolute atomic E-state index is 0.374. The van der Waals surface area contributed by atoms with Gasteiger partial charge in [-0.25, -0.2) is 0 Å². The molecule has 0 spiro atoms. The van der Waals surface area contributed by atoms with E-state index >= 15 is 0 Å². The van der Waals surface area contributed by atoms with Crippen molar-refractivity contribution in [3.05, 3.63) is 52.3 Å². The van der Waals surface area contributed by atoms with Crippen LogP contribution in [0.15, 0.2) is 35.6 Å². The fraction of sp³-hybridized carbons (Fsp3) is 0.429. The van der Waals surface area contributed by atoms with Crippen molar-refractivity contribution in [1.29, 1.82) is 0 Å². The van der Waals surface area contributed by atoms with Gasteiger partial charge in [0, 0.05) is 11.1 Å². The van der Waals surface area contributed by atoms with E-state index in [1.807, 2.05) is 39.0 Å². The Morgan fingerprint density at radius 1 is 1.08 bits per heavy atom. The van der Waals surface area contributed by atoms with E-state index < -0.39 is 11.4 Å². The molecule has 0 unspecified atom stereocenters. The van der Waals surface area contributed by atoms with E-state index in [2.05, 4.69) is 6.92 Å². The molecule has 0 aromatic heterocycles. The molecule has 0 bridgehead atoms. The third-order valence-electron chi connectivity index (χ3n) is 4.78. The number of allylic oxidation sites excluding steroid dienone is 3. The first kappa shape index (κ1) is 16.7. The first-order chi connectivity index (χ1) is 11.3. The van der Waals surface area contributed by atoms with Crippen LogP contribution in [0.3, 0.4) is 0 Å². The van der Waals surface area contributed by atoms with Gasteiger partial charge < -0.3 is 4.74 Å². The molecule has 3 rings (SSSR count). The zero-order valence-electron chi connectivity index (χ0n) is 14.9. The smallest absolute Gasteiger partial charge is 0.237 e. The largest absolute Gasteiger partial charge is 0.482 e. The Balaban J connectivity index is 2.10. The van der Waals surface area contributed by atoms with Crippen LogP contribution in [0.5, 0.6) is 0 Å². The first-order valence-electron chi connectivity index (χ1n) is 8.69. The van der Waals surface area contributed by atoms with Crippen LogP contribution in [0.1, 0.15) is 63.1 Å². The average Bonchev–Trinajstić information content (AvgIpc) is 2.51. The van der Waals surface area contributed by atoms with Crippen LogP contribution in [0.25, 0.3) is 5.57 Å². The van der Waals surface area contributed by atoms with E-state index in [9.17, 15) is 9.59 Å². The van der Waals surface area contributed by atoms with Gasteiger partial charge in [-0.3, -0.25) is 9.59 Å². The molecule has 1 aromatic carbocycles. The zero-order valence-corrected chi connectivity index (χ0v) is 14.9. The topological polar surface area (TPSA) is 43.4 Å². The number of rotatable bonds is 4. The van der Waals surface area contributed by atoms with E-state index in [1.165, 1.54) is 0 Å². The predicted octanol–water partition coefficient (Wildman–Crippen LogP) is 4.63. The van der Waals surface area contributed by atoms with Gasteiger partial charge in [0.15, 0.2) is 0 Å². The van der Waals surface area contributed by atoms with Gasteiger partial charge in [-0.05, 0) is 45.3 Å². The van der Waals surface area contributed by atoms with Gasteiger partial charge in [0.1, 0.15) is 11.4 Å². The summed E-state index contributed by atoms with van der Waals surface area (Å²) in [6.07, 6.45) is 5.49. The highest BCUT2D eigenvalue weighted by Gasteiger charge is 2.40. The highest BCUT2D eigenvalue weighted by molar-refractivity contribution is 6.59. The van der Waals surface area contributed by atoms with E-state index in [0.717, 1.165) is 36.0 Å². The minimum Gasteiger partial charge on any atom is -0.482 e. The number of ketones is 2. The quantitative estimate of drug-likeness (QED) is 0.461. The number of unbranched alkanes of at least 4 members (excludes halogenated alkanes) is 2. The summed E-state index contributed by atoms with van der Waals surface area (Å²) in [5.74, 6) is -0.254. The highest BCUT2D eigenvalue weighted by atomic mass is 16.5. The summed E-state index contributed by atoms with van der Waals surface area (Å²) in [5, 5.41) is 0. The lowest BCUT2D eigenvalue weighted by molar-refractivity contribution is -0.131. The van der Waals surface area contributed by atoms with Crippen LogP contribution >= 0.6 is 0 Å². The van der Waals surface area contributed by atoms with E-state index in [0.29, 0.717) is 23.3 Å². The number of Topliss-reactive ketones (excluding diaryl/α,β-unsaturated/α-hetero) is 2. The van der Waals surface area contributed by atoms with Crippen LogP contribution < -0.4 is 0 Å². The van der Waals surface area contributed by atoms with Crippen LogP contribution in [0, 0.1) is 6.92 Å². The molecule has 0 saturated carbocycles. The lowest BCUT2D eigenvalue weighted by Crippen LogP contribution is -2.33. The molecule has 0 atom stereocenters. The summed E-state index contributed by atoms with van der Waals surface area (Å²) in [4.78, 5) is 25.3. The number of carbonyl (C=O) groups is 2. The lowest BCUT2D eigenvalue weighted by atomic mass is 9.79. The molecule has 3 heteroatoms. The van der Waals surface area contributed by atoms with Crippen LogP contribution in [-0.2, 0) is 19.9 Å². The summed E-state index contributed by atoms with van der Waals surface area (Å²) < 4.78 is 6.13. The molecule has 3 nitrogen and oxygen atoms in total. The minimum atomic E-state index is -0.520. The molecule has 1 aliphatic heterocycles. The Labute approximate surface area is 143 Å². The molecule has 24 heavy (non-hydrogen) atoms. The lowest BCUT2D eigenvalue weighted by Gasteiger charge is -2.36. The average molecular weight is 324 g/mol. The maximum atomic E-state index is 12.8. The summed E-state index contributed by atoms with van der Waals surface area (Å²) in [7, 11) is 0. The van der Waals surface area contributed by atoms with Crippen LogP contribution in [0.4, 0.5) is 0 Å². The SMILES string of the molecule is CCCCCC1=CC2=C(C(=O)C1=O)c1cc(C)ccc1C(C)(C)O2. The molecule has 2 aliphatic rings. The third-order valence-corrected chi connectivity index (χ3v) is 4.78. The molecule has 0 N–H and O–H groups in total. The van der Waals surface area contributed by atoms with Gasteiger partial charge in [0.25, 0.3) is 0 Å². The molecular weight excluding hydrogens is 300 g/mol. The molecule has 0 fully saturated rings.